The molecule has 5 rings (SSSR count). The molecule has 1 fully saturated rings. The Bertz CT molecular complexity index is 1730. The van der Waals surface area contributed by atoms with Crippen molar-refractivity contribution in [3.05, 3.63) is 113 Å². The largest absolute Gasteiger partial charge is 0.493 e. The van der Waals surface area contributed by atoms with E-state index in [0.717, 1.165) is 12.1 Å². The summed E-state index contributed by atoms with van der Waals surface area (Å²) in [5, 5.41) is 0. The van der Waals surface area contributed by atoms with E-state index < -0.39 is 23.5 Å². The number of ether oxygens (including phenoxy) is 4. The first kappa shape index (κ1) is 38.1. The Balaban J connectivity index is 0.000000203. The van der Waals surface area contributed by atoms with Crippen LogP contribution in [0.4, 0.5) is 17.6 Å². The highest BCUT2D eigenvalue weighted by molar-refractivity contribution is 9.10. The second-order valence-corrected chi connectivity index (χ2v) is 11.7. The zero-order valence-corrected chi connectivity index (χ0v) is 28.7. The summed E-state index contributed by atoms with van der Waals surface area (Å²) in [6, 6.07) is 13.3. The van der Waals surface area contributed by atoms with Crippen LogP contribution in [0.3, 0.4) is 0 Å². The average molecular weight is 733 g/mol. The Morgan fingerprint density at radius 1 is 0.708 bits per heavy atom. The molecule has 3 heterocycles. The minimum atomic E-state index is -0.681. The van der Waals surface area contributed by atoms with Crippen molar-refractivity contribution >= 4 is 29.1 Å². The van der Waals surface area contributed by atoms with Crippen molar-refractivity contribution in [1.82, 2.24) is 9.97 Å². The lowest BCUT2D eigenvalue weighted by atomic mass is 9.90. The summed E-state index contributed by atoms with van der Waals surface area (Å²) in [6.45, 7) is 15.2. The van der Waals surface area contributed by atoms with Crippen molar-refractivity contribution in [2.24, 2.45) is 0 Å². The van der Waals surface area contributed by atoms with Gasteiger partial charge in [0.25, 0.3) is 0 Å². The molecule has 8 nitrogen and oxygen atoms in total. The van der Waals surface area contributed by atoms with Crippen LogP contribution in [0.15, 0.2) is 84.3 Å². The van der Waals surface area contributed by atoms with Gasteiger partial charge >= 0.3 is 7.12 Å². The average Bonchev–Trinajstić information content (AvgIpc) is 3.25. The molecule has 14 heteroatoms. The Kier molecular flexibility index (Phi) is 13.2. The van der Waals surface area contributed by atoms with Gasteiger partial charge in [0.2, 0.25) is 23.7 Å². The molecule has 0 aliphatic carbocycles. The highest BCUT2D eigenvalue weighted by atomic mass is 79.9. The van der Waals surface area contributed by atoms with Gasteiger partial charge in [-0.05, 0) is 61.8 Å². The molecule has 1 aliphatic rings. The van der Waals surface area contributed by atoms with E-state index in [4.69, 9.17) is 28.3 Å². The van der Waals surface area contributed by atoms with Crippen LogP contribution in [0.25, 0.3) is 6.08 Å². The monoisotopic (exact) mass is 732 g/mol. The Hall–Kier alpha value is -4.40. The standard InChI is InChI=1S/C14H11F2NO2.C12H8BrF2NO2.C8H15BO2/c1-3-9-7-11(18-2)12(8-10(9)15)19-14-6-4-5-13(16)17-14;1-17-9-5-7(13)8(14)6-10(9)18-12-4-2-3-11(15)16-12;1-6-9-10-7(2,3)8(4,5)11-9/h3-8H,1H2,2H3;2-6H,1H3;6H,1H2,2-5H3. The van der Waals surface area contributed by atoms with Crippen molar-refractivity contribution in [3.8, 4) is 34.8 Å². The SMILES string of the molecule is C=CB1OC(C)(C)C(C)(C)O1.C=Cc1cc(OC)c(Oc2cccc(F)n2)cc1F.COc1cc(Br)c(F)cc1Oc1cccc(F)n1. The summed E-state index contributed by atoms with van der Waals surface area (Å²) >= 11 is 3.03. The van der Waals surface area contributed by atoms with E-state index in [1.807, 2.05) is 27.7 Å². The van der Waals surface area contributed by atoms with Gasteiger partial charge in [0.15, 0.2) is 23.0 Å². The van der Waals surface area contributed by atoms with E-state index in [1.54, 1.807) is 5.98 Å². The van der Waals surface area contributed by atoms with Crippen LogP contribution >= 0.6 is 15.9 Å². The topological polar surface area (TPSA) is 81.2 Å². The van der Waals surface area contributed by atoms with Crippen LogP contribution in [0.5, 0.6) is 34.8 Å². The van der Waals surface area contributed by atoms with Gasteiger partial charge in [0.05, 0.1) is 29.9 Å². The lowest BCUT2D eigenvalue weighted by molar-refractivity contribution is 0.00578. The molecule has 2 aromatic heterocycles. The van der Waals surface area contributed by atoms with Crippen molar-refractivity contribution < 1.29 is 45.8 Å². The minimum Gasteiger partial charge on any atom is -0.493 e. The number of aromatic nitrogens is 2. The van der Waals surface area contributed by atoms with Crippen LogP contribution in [-0.2, 0) is 9.31 Å². The molecular formula is C34H34BBrF4N2O6. The number of nitrogens with zero attached hydrogens (tertiary/aromatic N) is 2. The third-order valence-electron chi connectivity index (χ3n) is 6.98. The van der Waals surface area contributed by atoms with E-state index in [-0.39, 0.29) is 51.6 Å². The van der Waals surface area contributed by atoms with Gasteiger partial charge in [0.1, 0.15) is 11.6 Å². The molecule has 4 aromatic rings. The van der Waals surface area contributed by atoms with Gasteiger partial charge in [-0.3, -0.25) is 0 Å². The second kappa shape index (κ2) is 16.6. The fourth-order valence-corrected chi connectivity index (χ4v) is 4.12. The highest BCUT2D eigenvalue weighted by Crippen LogP contribution is 2.37. The molecule has 254 valence electrons. The molecule has 2 aromatic carbocycles. The number of hydrogen-bond donors (Lipinski definition) is 0. The summed E-state index contributed by atoms with van der Waals surface area (Å²) < 4.78 is 85.0. The summed E-state index contributed by atoms with van der Waals surface area (Å²) in [7, 11) is 2.59. The molecule has 0 atom stereocenters. The molecule has 1 aliphatic heterocycles. The van der Waals surface area contributed by atoms with Crippen molar-refractivity contribution in [2.45, 2.75) is 38.9 Å². The van der Waals surface area contributed by atoms with Crippen molar-refractivity contribution in [1.29, 1.82) is 0 Å². The molecule has 1 saturated heterocycles. The van der Waals surface area contributed by atoms with E-state index in [2.05, 4.69) is 39.1 Å². The van der Waals surface area contributed by atoms with Crippen LogP contribution < -0.4 is 18.9 Å². The zero-order valence-electron chi connectivity index (χ0n) is 27.2. The summed E-state index contributed by atoms with van der Waals surface area (Å²) in [6.07, 6.45) is 1.36. The zero-order chi connectivity index (χ0) is 35.6. The molecule has 0 unspecified atom stereocenters. The normalized spacial score (nSPS) is 14.0. The highest BCUT2D eigenvalue weighted by Gasteiger charge is 2.49. The number of benzene rings is 2. The molecule has 0 saturated carbocycles. The van der Waals surface area contributed by atoms with Gasteiger partial charge in [-0.15, -0.1) is 6.58 Å². The number of halogens is 5. The number of rotatable bonds is 8. The third-order valence-corrected chi connectivity index (χ3v) is 7.59. The van der Waals surface area contributed by atoms with Crippen LogP contribution in [0.2, 0.25) is 0 Å². The fourth-order valence-electron chi connectivity index (χ4n) is 3.80. The van der Waals surface area contributed by atoms with E-state index in [9.17, 15) is 17.6 Å². The van der Waals surface area contributed by atoms with Crippen molar-refractivity contribution in [3.63, 3.8) is 0 Å². The summed E-state index contributed by atoms with van der Waals surface area (Å²) in [5.41, 5.74) is -0.172. The van der Waals surface area contributed by atoms with Crippen molar-refractivity contribution in [2.75, 3.05) is 14.2 Å². The predicted octanol–water partition coefficient (Wildman–Crippen LogP) is 9.53. The van der Waals surface area contributed by atoms with Crippen LogP contribution in [-0.4, -0.2) is 42.5 Å². The quantitative estimate of drug-likeness (QED) is 0.101. The first-order chi connectivity index (χ1) is 22.6. The van der Waals surface area contributed by atoms with E-state index in [0.29, 0.717) is 11.5 Å². The molecule has 0 bridgehead atoms. The minimum absolute atomic E-state index is 0.0176. The molecule has 0 N–H and O–H groups in total. The fraction of sp³-hybridized carbons (Fsp3) is 0.235. The smallest absolute Gasteiger partial charge is 0.486 e. The van der Waals surface area contributed by atoms with Crippen LogP contribution in [0.1, 0.15) is 33.3 Å². The Morgan fingerprint density at radius 2 is 1.17 bits per heavy atom. The predicted molar refractivity (Wildman–Crippen MR) is 179 cm³/mol. The molecule has 0 radical (unpaired) electrons. The Labute approximate surface area is 285 Å². The van der Waals surface area contributed by atoms with E-state index in [1.165, 1.54) is 68.8 Å². The molecular weight excluding hydrogens is 699 g/mol. The first-order valence-corrected chi connectivity index (χ1v) is 15.0. The lowest BCUT2D eigenvalue weighted by Gasteiger charge is -2.32. The maximum atomic E-state index is 13.6. The lowest BCUT2D eigenvalue weighted by Crippen LogP contribution is -2.41. The van der Waals surface area contributed by atoms with Gasteiger partial charge in [-0.25, -0.2) is 8.78 Å². The van der Waals surface area contributed by atoms with Gasteiger partial charge in [-0.1, -0.05) is 30.8 Å². The van der Waals surface area contributed by atoms with Crippen LogP contribution in [0, 0.1) is 23.5 Å². The van der Waals surface area contributed by atoms with Gasteiger partial charge < -0.3 is 28.3 Å². The second-order valence-electron chi connectivity index (χ2n) is 10.8. The maximum absolute atomic E-state index is 13.6. The summed E-state index contributed by atoms with van der Waals surface area (Å²) in [5.74, 6) is 0.195. The third kappa shape index (κ3) is 10.1. The van der Waals surface area contributed by atoms with E-state index >= 15 is 0 Å². The first-order valence-electron chi connectivity index (χ1n) is 14.2. The summed E-state index contributed by atoms with van der Waals surface area (Å²) in [4.78, 5) is 7.05. The van der Waals surface area contributed by atoms with Gasteiger partial charge in [-0.2, -0.15) is 18.7 Å². The molecule has 0 amide bonds. The number of pyridine rings is 2. The number of methoxy groups -OCH3 is 2. The number of hydrogen-bond acceptors (Lipinski definition) is 8. The van der Waals surface area contributed by atoms with Gasteiger partial charge in [0, 0.05) is 35.9 Å². The molecule has 48 heavy (non-hydrogen) atoms. The molecule has 0 spiro atoms. The maximum Gasteiger partial charge on any atom is 0.486 e. The Morgan fingerprint density at radius 3 is 1.56 bits per heavy atom.